The second-order valence-electron chi connectivity index (χ2n) is 5.94. The summed E-state index contributed by atoms with van der Waals surface area (Å²) in [5, 5.41) is 13.7. The number of nitrogens with zero attached hydrogens (tertiary/aromatic N) is 2. The summed E-state index contributed by atoms with van der Waals surface area (Å²) < 4.78 is 16.7. The quantitative estimate of drug-likeness (QED) is 0.390. The van der Waals surface area contributed by atoms with E-state index in [-0.39, 0.29) is 12.3 Å². The smallest absolute Gasteiger partial charge is 0.272 e. The summed E-state index contributed by atoms with van der Waals surface area (Å²) in [4.78, 5) is 15.1. The third kappa shape index (κ3) is 4.40. The van der Waals surface area contributed by atoms with Gasteiger partial charge in [0.2, 0.25) is 0 Å². The predicted octanol–water partition coefficient (Wildman–Crippen LogP) is 5.01. The molecule has 2 aromatic carbocycles. The average Bonchev–Trinajstić information content (AvgIpc) is 3.15. The number of aromatic nitrogens is 1. The molecule has 0 aliphatic heterocycles. The molecule has 0 amide bonds. The molecule has 0 saturated carbocycles. The first-order chi connectivity index (χ1) is 13.5. The van der Waals surface area contributed by atoms with E-state index in [0.29, 0.717) is 29.4 Å². The molecular formula is C20H20N2O5S. The number of ether oxygens (including phenoxy) is 3. The van der Waals surface area contributed by atoms with Gasteiger partial charge in [-0.15, -0.1) is 11.3 Å². The highest BCUT2D eigenvalue weighted by atomic mass is 32.1. The summed E-state index contributed by atoms with van der Waals surface area (Å²) in [5.74, 6) is 1.93. The number of thiazole rings is 1. The molecule has 1 heterocycles. The number of benzene rings is 2. The van der Waals surface area contributed by atoms with E-state index in [1.54, 1.807) is 26.2 Å². The van der Waals surface area contributed by atoms with Gasteiger partial charge in [0.1, 0.15) is 17.4 Å². The Morgan fingerprint density at radius 1 is 1.14 bits per heavy atom. The Morgan fingerprint density at radius 3 is 2.64 bits per heavy atom. The molecule has 0 bridgehead atoms. The number of nitro benzene ring substituents is 1. The van der Waals surface area contributed by atoms with E-state index in [1.165, 1.54) is 17.4 Å². The van der Waals surface area contributed by atoms with Crippen molar-refractivity contribution < 1.29 is 19.1 Å². The fourth-order valence-electron chi connectivity index (χ4n) is 2.66. The SMILES string of the molecule is CCOc1ccc(-c2nc(COc3ccc([N+](=O)[O-])c(C)c3)cs2)cc1OC. The van der Waals surface area contributed by atoms with Crippen LogP contribution in [0.4, 0.5) is 5.69 Å². The van der Waals surface area contributed by atoms with Crippen LogP contribution in [0.1, 0.15) is 18.2 Å². The van der Waals surface area contributed by atoms with Gasteiger partial charge in [-0.1, -0.05) is 0 Å². The second kappa shape index (κ2) is 8.71. The van der Waals surface area contributed by atoms with E-state index in [0.717, 1.165) is 16.3 Å². The average molecular weight is 400 g/mol. The number of nitro groups is 1. The first-order valence-electron chi connectivity index (χ1n) is 8.65. The lowest BCUT2D eigenvalue weighted by molar-refractivity contribution is -0.385. The van der Waals surface area contributed by atoms with Crippen LogP contribution in [-0.4, -0.2) is 23.6 Å². The Kier molecular flexibility index (Phi) is 6.10. The van der Waals surface area contributed by atoms with Crippen LogP contribution in [0, 0.1) is 17.0 Å². The topological polar surface area (TPSA) is 83.7 Å². The van der Waals surface area contributed by atoms with Crippen molar-refractivity contribution in [2.45, 2.75) is 20.5 Å². The van der Waals surface area contributed by atoms with Crippen LogP contribution in [0.3, 0.4) is 0 Å². The van der Waals surface area contributed by atoms with E-state index in [4.69, 9.17) is 14.2 Å². The normalized spacial score (nSPS) is 10.5. The van der Waals surface area contributed by atoms with Crippen LogP contribution in [-0.2, 0) is 6.61 Å². The van der Waals surface area contributed by atoms with Crippen molar-refractivity contribution in [3.63, 3.8) is 0 Å². The van der Waals surface area contributed by atoms with Gasteiger partial charge < -0.3 is 14.2 Å². The molecule has 8 heteroatoms. The minimum absolute atomic E-state index is 0.0766. The van der Waals surface area contributed by atoms with Gasteiger partial charge in [-0.2, -0.15) is 0 Å². The van der Waals surface area contributed by atoms with Crippen molar-refractivity contribution in [2.75, 3.05) is 13.7 Å². The summed E-state index contributed by atoms with van der Waals surface area (Å²) in [6.45, 7) is 4.45. The Morgan fingerprint density at radius 2 is 1.96 bits per heavy atom. The van der Waals surface area contributed by atoms with E-state index >= 15 is 0 Å². The van der Waals surface area contributed by atoms with E-state index < -0.39 is 4.92 Å². The van der Waals surface area contributed by atoms with Crippen molar-refractivity contribution >= 4 is 17.0 Å². The van der Waals surface area contributed by atoms with Crippen molar-refractivity contribution in [1.82, 2.24) is 4.98 Å². The number of aryl methyl sites for hydroxylation is 1. The van der Waals surface area contributed by atoms with E-state index in [2.05, 4.69) is 4.98 Å². The van der Waals surface area contributed by atoms with Crippen molar-refractivity contribution in [3.8, 4) is 27.8 Å². The minimum atomic E-state index is -0.406. The predicted molar refractivity (Wildman–Crippen MR) is 107 cm³/mol. The fourth-order valence-corrected chi connectivity index (χ4v) is 3.46. The lowest BCUT2D eigenvalue weighted by Gasteiger charge is -2.10. The standard InChI is InChI=1S/C20H20N2O5S/c1-4-26-18-8-5-14(10-19(18)25-3)20-21-15(12-28-20)11-27-16-6-7-17(22(23)24)13(2)9-16/h5-10,12H,4,11H2,1-3H3. The maximum atomic E-state index is 10.9. The molecule has 7 nitrogen and oxygen atoms in total. The third-order valence-electron chi connectivity index (χ3n) is 4.01. The van der Waals surface area contributed by atoms with Gasteiger partial charge in [0.15, 0.2) is 11.5 Å². The fraction of sp³-hybridized carbons (Fsp3) is 0.250. The highest BCUT2D eigenvalue weighted by molar-refractivity contribution is 7.13. The molecule has 28 heavy (non-hydrogen) atoms. The van der Waals surface area contributed by atoms with Crippen molar-refractivity contribution in [2.24, 2.45) is 0 Å². The molecule has 0 atom stereocenters. The molecule has 0 saturated heterocycles. The zero-order chi connectivity index (χ0) is 20.1. The Balaban J connectivity index is 1.71. The second-order valence-corrected chi connectivity index (χ2v) is 6.79. The molecule has 0 radical (unpaired) electrons. The molecular weight excluding hydrogens is 380 g/mol. The summed E-state index contributed by atoms with van der Waals surface area (Å²) >= 11 is 1.51. The monoisotopic (exact) mass is 400 g/mol. The van der Waals surface area contributed by atoms with Gasteiger partial charge >= 0.3 is 0 Å². The number of rotatable bonds is 8. The number of hydrogen-bond donors (Lipinski definition) is 0. The van der Waals surface area contributed by atoms with Gasteiger partial charge in [0, 0.05) is 22.6 Å². The van der Waals surface area contributed by atoms with Gasteiger partial charge in [-0.3, -0.25) is 10.1 Å². The molecule has 0 fully saturated rings. The Hall–Kier alpha value is -3.13. The van der Waals surface area contributed by atoms with Crippen LogP contribution < -0.4 is 14.2 Å². The zero-order valence-corrected chi connectivity index (χ0v) is 16.6. The Bertz CT molecular complexity index is 986. The largest absolute Gasteiger partial charge is 0.493 e. The highest BCUT2D eigenvalue weighted by Gasteiger charge is 2.12. The molecule has 3 rings (SSSR count). The zero-order valence-electron chi connectivity index (χ0n) is 15.8. The van der Waals surface area contributed by atoms with Crippen LogP contribution in [0.2, 0.25) is 0 Å². The molecule has 0 aliphatic rings. The minimum Gasteiger partial charge on any atom is -0.493 e. The Labute approximate surface area is 166 Å². The van der Waals surface area contributed by atoms with Crippen LogP contribution in [0.25, 0.3) is 10.6 Å². The van der Waals surface area contributed by atoms with E-state index in [9.17, 15) is 10.1 Å². The summed E-state index contributed by atoms with van der Waals surface area (Å²) in [7, 11) is 1.61. The highest BCUT2D eigenvalue weighted by Crippen LogP contribution is 2.34. The molecule has 146 valence electrons. The summed E-state index contributed by atoms with van der Waals surface area (Å²) in [6.07, 6.45) is 0. The van der Waals surface area contributed by atoms with Crippen LogP contribution in [0.15, 0.2) is 41.8 Å². The number of methoxy groups -OCH3 is 1. The van der Waals surface area contributed by atoms with Gasteiger partial charge in [-0.25, -0.2) is 4.98 Å². The van der Waals surface area contributed by atoms with E-state index in [1.807, 2.05) is 30.5 Å². The van der Waals surface area contributed by atoms with Gasteiger partial charge in [0.25, 0.3) is 5.69 Å². The van der Waals surface area contributed by atoms with Gasteiger partial charge in [0.05, 0.1) is 24.3 Å². The maximum absolute atomic E-state index is 10.9. The molecule has 0 spiro atoms. The van der Waals surface area contributed by atoms with Crippen LogP contribution >= 0.6 is 11.3 Å². The molecule has 1 aromatic heterocycles. The lowest BCUT2D eigenvalue weighted by atomic mass is 10.2. The molecule has 0 unspecified atom stereocenters. The van der Waals surface area contributed by atoms with Crippen molar-refractivity contribution in [1.29, 1.82) is 0 Å². The maximum Gasteiger partial charge on any atom is 0.272 e. The summed E-state index contributed by atoms with van der Waals surface area (Å²) in [6, 6.07) is 10.4. The van der Waals surface area contributed by atoms with Crippen molar-refractivity contribution in [3.05, 3.63) is 63.1 Å². The molecule has 0 N–H and O–H groups in total. The lowest BCUT2D eigenvalue weighted by Crippen LogP contribution is -1.98. The van der Waals surface area contributed by atoms with Crippen LogP contribution in [0.5, 0.6) is 17.2 Å². The number of hydrogen-bond acceptors (Lipinski definition) is 7. The first-order valence-corrected chi connectivity index (χ1v) is 9.53. The molecule has 3 aromatic rings. The van der Waals surface area contributed by atoms with Gasteiger partial charge in [-0.05, 0) is 44.2 Å². The summed E-state index contributed by atoms with van der Waals surface area (Å²) in [5.41, 5.74) is 2.35. The molecule has 0 aliphatic carbocycles. The first kappa shape index (κ1) is 19.6. The third-order valence-corrected chi connectivity index (χ3v) is 4.95.